The second-order valence-corrected chi connectivity index (χ2v) is 11.2. The molecule has 0 unspecified atom stereocenters. The molecule has 180 valence electrons. The lowest BCUT2D eigenvalue weighted by Gasteiger charge is -2.30. The van der Waals surface area contributed by atoms with Gasteiger partial charge in [-0.1, -0.05) is 30.3 Å². The topological polar surface area (TPSA) is 84.3 Å². The number of benzene rings is 3. The molecular formula is C26H25FN4O3S. The molecule has 0 spiro atoms. The molecule has 1 aliphatic rings. The van der Waals surface area contributed by atoms with E-state index < -0.39 is 27.5 Å². The minimum atomic E-state index is -3.58. The van der Waals surface area contributed by atoms with Gasteiger partial charge in [0.25, 0.3) is 0 Å². The molecular weight excluding hydrogens is 467 g/mol. The third kappa shape index (κ3) is 4.11. The van der Waals surface area contributed by atoms with Crippen LogP contribution in [0.3, 0.4) is 0 Å². The number of amides is 1. The Balaban J connectivity index is 1.63. The largest absolute Gasteiger partial charge is 0.303 e. The lowest BCUT2D eigenvalue weighted by molar-refractivity contribution is -0.124. The molecule has 0 aliphatic carbocycles. The SMILES string of the molecule is CC1(C)C(=O)N(c2ccc3c(cnn3-c3ccc(F)cc3)c2)[C@@H](c2ccccc2)[C@@H]1NS(C)(=O)=O. The molecule has 3 aromatic carbocycles. The van der Waals surface area contributed by atoms with Gasteiger partial charge >= 0.3 is 0 Å². The Morgan fingerprint density at radius 2 is 1.63 bits per heavy atom. The highest BCUT2D eigenvalue weighted by Gasteiger charge is 2.55. The van der Waals surface area contributed by atoms with Crippen molar-refractivity contribution in [3.05, 3.63) is 90.4 Å². The van der Waals surface area contributed by atoms with Gasteiger partial charge in [-0.05, 0) is 61.9 Å². The third-order valence-electron chi connectivity index (χ3n) is 6.52. The fourth-order valence-corrected chi connectivity index (χ4v) is 5.67. The van der Waals surface area contributed by atoms with Crippen LogP contribution in [0.1, 0.15) is 25.5 Å². The van der Waals surface area contributed by atoms with Crippen LogP contribution in [0.5, 0.6) is 0 Å². The van der Waals surface area contributed by atoms with Crippen LogP contribution in [0.15, 0.2) is 79.0 Å². The quantitative estimate of drug-likeness (QED) is 0.453. The molecule has 7 nitrogen and oxygen atoms in total. The van der Waals surface area contributed by atoms with Gasteiger partial charge in [0.1, 0.15) is 5.82 Å². The number of carbonyl (C=O) groups is 1. The van der Waals surface area contributed by atoms with Crippen molar-refractivity contribution in [3.63, 3.8) is 0 Å². The highest BCUT2D eigenvalue weighted by molar-refractivity contribution is 7.88. The second-order valence-electron chi connectivity index (χ2n) is 9.40. The van der Waals surface area contributed by atoms with Crippen molar-refractivity contribution < 1.29 is 17.6 Å². The van der Waals surface area contributed by atoms with Crippen molar-refractivity contribution >= 4 is 32.5 Å². The van der Waals surface area contributed by atoms with Gasteiger partial charge in [-0.3, -0.25) is 4.79 Å². The molecule has 0 bridgehead atoms. The van der Waals surface area contributed by atoms with E-state index in [1.807, 2.05) is 48.5 Å². The zero-order valence-corrected chi connectivity index (χ0v) is 20.3. The Labute approximate surface area is 203 Å². The van der Waals surface area contributed by atoms with Gasteiger partial charge in [0, 0.05) is 11.1 Å². The predicted molar refractivity (Wildman–Crippen MR) is 133 cm³/mol. The van der Waals surface area contributed by atoms with Crippen LogP contribution in [0.25, 0.3) is 16.6 Å². The van der Waals surface area contributed by atoms with E-state index in [4.69, 9.17) is 0 Å². The monoisotopic (exact) mass is 492 g/mol. The van der Waals surface area contributed by atoms with Crippen LogP contribution in [0, 0.1) is 11.2 Å². The van der Waals surface area contributed by atoms with Gasteiger partial charge in [-0.25, -0.2) is 22.2 Å². The van der Waals surface area contributed by atoms with Crippen LogP contribution in [0.4, 0.5) is 10.1 Å². The van der Waals surface area contributed by atoms with Gasteiger partial charge in [-0.15, -0.1) is 0 Å². The number of hydrogen-bond donors (Lipinski definition) is 1. The number of halogens is 1. The van der Waals surface area contributed by atoms with Crippen LogP contribution in [-0.2, 0) is 14.8 Å². The average molecular weight is 493 g/mol. The molecule has 2 atom stereocenters. The summed E-state index contributed by atoms with van der Waals surface area (Å²) < 4.78 is 42.3. The van der Waals surface area contributed by atoms with Crippen LogP contribution >= 0.6 is 0 Å². The Bertz CT molecular complexity index is 1520. The number of sulfonamides is 1. The van der Waals surface area contributed by atoms with Crippen LogP contribution in [0.2, 0.25) is 0 Å². The number of hydrogen-bond acceptors (Lipinski definition) is 4. The first-order valence-corrected chi connectivity index (χ1v) is 13.0. The number of aromatic nitrogens is 2. The summed E-state index contributed by atoms with van der Waals surface area (Å²) >= 11 is 0. The molecule has 1 saturated heterocycles. The molecule has 5 rings (SSSR count). The molecule has 1 N–H and O–H groups in total. The van der Waals surface area contributed by atoms with E-state index in [0.717, 1.165) is 22.7 Å². The van der Waals surface area contributed by atoms with Crippen molar-refractivity contribution in [2.24, 2.45) is 5.41 Å². The summed E-state index contributed by atoms with van der Waals surface area (Å²) in [4.78, 5) is 15.4. The highest BCUT2D eigenvalue weighted by Crippen LogP contribution is 2.47. The van der Waals surface area contributed by atoms with Gasteiger partial charge in [0.15, 0.2) is 0 Å². The minimum Gasteiger partial charge on any atom is -0.303 e. The van der Waals surface area contributed by atoms with Gasteiger partial charge < -0.3 is 4.90 Å². The third-order valence-corrected chi connectivity index (χ3v) is 7.21. The fourth-order valence-electron chi connectivity index (χ4n) is 4.78. The molecule has 1 amide bonds. The first-order valence-electron chi connectivity index (χ1n) is 11.2. The van der Waals surface area contributed by atoms with E-state index in [2.05, 4.69) is 9.82 Å². The first-order chi connectivity index (χ1) is 16.6. The smallest absolute Gasteiger partial charge is 0.234 e. The maximum absolute atomic E-state index is 13.7. The molecule has 1 aliphatic heterocycles. The number of nitrogens with zero attached hydrogens (tertiary/aromatic N) is 3. The summed E-state index contributed by atoms with van der Waals surface area (Å²) in [5, 5.41) is 5.25. The number of anilines is 1. The zero-order chi connectivity index (χ0) is 25.0. The van der Waals surface area contributed by atoms with Crippen LogP contribution in [-0.4, -0.2) is 36.4 Å². The number of carbonyl (C=O) groups excluding carboxylic acids is 1. The molecule has 0 radical (unpaired) electrons. The van der Waals surface area contributed by atoms with Crippen molar-refractivity contribution in [2.75, 3.05) is 11.2 Å². The summed E-state index contributed by atoms with van der Waals surface area (Å²) in [7, 11) is -3.58. The summed E-state index contributed by atoms with van der Waals surface area (Å²) in [6.45, 7) is 3.53. The summed E-state index contributed by atoms with van der Waals surface area (Å²) in [5.41, 5.74) is 1.99. The van der Waals surface area contributed by atoms with Crippen molar-refractivity contribution in [1.29, 1.82) is 0 Å². The molecule has 35 heavy (non-hydrogen) atoms. The van der Waals surface area contributed by atoms with E-state index in [1.165, 1.54) is 12.1 Å². The van der Waals surface area contributed by atoms with E-state index >= 15 is 0 Å². The summed E-state index contributed by atoms with van der Waals surface area (Å²) in [5.74, 6) is -0.510. The summed E-state index contributed by atoms with van der Waals surface area (Å²) in [6.07, 6.45) is 2.80. The number of fused-ring (bicyclic) bond motifs is 1. The van der Waals surface area contributed by atoms with Crippen molar-refractivity contribution in [1.82, 2.24) is 14.5 Å². The highest BCUT2D eigenvalue weighted by atomic mass is 32.2. The molecule has 9 heteroatoms. The Kier molecular flexibility index (Phi) is 5.49. The fraction of sp³-hybridized carbons (Fsp3) is 0.231. The Hall–Kier alpha value is -3.56. The van der Waals surface area contributed by atoms with Crippen LogP contribution < -0.4 is 9.62 Å². The average Bonchev–Trinajstić information content (AvgIpc) is 3.31. The number of nitrogens with one attached hydrogen (secondary N) is 1. The molecule has 2 heterocycles. The standard InChI is InChI=1S/C26H25FN4O3S/c1-26(2)24(29-35(3,33)34)23(17-7-5-4-6-8-17)30(25(26)32)21-13-14-22-18(15-21)16-28-31(22)20-11-9-19(27)10-12-20/h4-16,23-24,29H,1-3H3/t23-,24-/m0/s1. The maximum Gasteiger partial charge on any atom is 0.234 e. The van der Waals surface area contributed by atoms with Crippen molar-refractivity contribution in [3.8, 4) is 5.69 Å². The zero-order valence-electron chi connectivity index (χ0n) is 19.5. The predicted octanol–water partition coefficient (Wildman–Crippen LogP) is 4.20. The van der Waals surface area contributed by atoms with Crippen molar-refractivity contribution in [2.45, 2.75) is 25.9 Å². The second kappa shape index (κ2) is 8.28. The summed E-state index contributed by atoms with van der Waals surface area (Å²) in [6, 6.07) is 19.8. The molecule has 4 aromatic rings. The number of rotatable bonds is 5. The van der Waals surface area contributed by atoms with Gasteiger partial charge in [0.2, 0.25) is 15.9 Å². The Morgan fingerprint density at radius 3 is 2.29 bits per heavy atom. The molecule has 1 aromatic heterocycles. The van der Waals surface area contributed by atoms with E-state index in [0.29, 0.717) is 11.4 Å². The van der Waals surface area contributed by atoms with E-state index in [1.54, 1.807) is 41.8 Å². The normalized spacial score (nSPS) is 20.0. The van der Waals surface area contributed by atoms with E-state index in [9.17, 15) is 17.6 Å². The Morgan fingerprint density at radius 1 is 0.971 bits per heavy atom. The lowest BCUT2D eigenvalue weighted by Crippen LogP contribution is -2.45. The first kappa shape index (κ1) is 23.2. The molecule has 1 fully saturated rings. The van der Waals surface area contributed by atoms with Gasteiger partial charge in [0.05, 0.1) is 41.2 Å². The van der Waals surface area contributed by atoms with E-state index in [-0.39, 0.29) is 11.7 Å². The van der Waals surface area contributed by atoms with Gasteiger partial charge in [-0.2, -0.15) is 5.10 Å². The minimum absolute atomic E-state index is 0.183. The maximum atomic E-state index is 13.7. The molecule has 0 saturated carbocycles. The lowest BCUT2D eigenvalue weighted by atomic mass is 9.83.